The molecule has 5 heteroatoms. The van der Waals surface area contributed by atoms with E-state index in [-0.39, 0.29) is 0 Å². The molecular weight excluding hydrogens is 232 g/mol. The van der Waals surface area contributed by atoms with Gasteiger partial charge in [0.15, 0.2) is 0 Å². The van der Waals surface area contributed by atoms with Crippen molar-refractivity contribution in [3.05, 3.63) is 5.82 Å². The zero-order valence-electron chi connectivity index (χ0n) is 7.65. The Morgan fingerprint density at radius 2 is 2.15 bits per heavy atom. The molecule has 0 unspecified atom stereocenters. The van der Waals surface area contributed by atoms with Crippen LogP contribution in [0.2, 0.25) is 0 Å². The van der Waals surface area contributed by atoms with Gasteiger partial charge in [0.2, 0.25) is 0 Å². The van der Waals surface area contributed by atoms with Crippen LogP contribution in [0.25, 0.3) is 0 Å². The van der Waals surface area contributed by atoms with E-state index < -0.39 is 0 Å². The molecule has 1 fully saturated rings. The number of rotatable bonds is 1. The van der Waals surface area contributed by atoms with Crippen molar-refractivity contribution in [3.63, 3.8) is 0 Å². The molecule has 0 bridgehead atoms. The largest absolute Gasteiger partial charge is 0.226 e. The SMILES string of the molecule is Cc1nnnn1[C@H]1CCCC[C@@H]1Br. The van der Waals surface area contributed by atoms with Gasteiger partial charge in [0.1, 0.15) is 5.82 Å². The fourth-order valence-corrected chi connectivity index (χ4v) is 2.70. The average Bonchev–Trinajstić information content (AvgIpc) is 2.52. The minimum absolute atomic E-state index is 0.448. The number of hydrogen-bond acceptors (Lipinski definition) is 3. The summed E-state index contributed by atoms with van der Waals surface area (Å²) >= 11 is 3.69. The number of halogens is 1. The zero-order valence-corrected chi connectivity index (χ0v) is 9.24. The number of alkyl halides is 1. The second-order valence-electron chi connectivity index (χ2n) is 3.54. The average molecular weight is 245 g/mol. The Hall–Kier alpha value is -0.450. The first-order valence-corrected chi connectivity index (χ1v) is 5.59. The van der Waals surface area contributed by atoms with Crippen LogP contribution in [0.15, 0.2) is 0 Å². The van der Waals surface area contributed by atoms with Crippen molar-refractivity contribution in [1.82, 2.24) is 20.2 Å². The van der Waals surface area contributed by atoms with Crippen molar-refractivity contribution in [1.29, 1.82) is 0 Å². The molecule has 0 radical (unpaired) electrons. The van der Waals surface area contributed by atoms with Gasteiger partial charge in [-0.25, -0.2) is 4.68 Å². The Bertz CT molecular complexity index is 285. The molecule has 2 atom stereocenters. The van der Waals surface area contributed by atoms with Crippen LogP contribution in [-0.2, 0) is 0 Å². The van der Waals surface area contributed by atoms with Gasteiger partial charge in [-0.1, -0.05) is 28.8 Å². The first-order valence-electron chi connectivity index (χ1n) is 4.67. The molecule has 0 amide bonds. The normalized spacial score (nSPS) is 29.1. The Morgan fingerprint density at radius 1 is 1.38 bits per heavy atom. The summed E-state index contributed by atoms with van der Waals surface area (Å²) in [5.41, 5.74) is 0. The maximum atomic E-state index is 4.02. The molecule has 72 valence electrons. The van der Waals surface area contributed by atoms with E-state index in [1.165, 1.54) is 25.7 Å². The summed E-state index contributed by atoms with van der Waals surface area (Å²) < 4.78 is 1.94. The third kappa shape index (κ3) is 1.75. The lowest BCUT2D eigenvalue weighted by Crippen LogP contribution is -2.25. The number of tetrazole rings is 1. The smallest absolute Gasteiger partial charge is 0.148 e. The number of nitrogens with zero attached hydrogens (tertiary/aromatic N) is 4. The Balaban J connectivity index is 2.19. The summed E-state index contributed by atoms with van der Waals surface area (Å²) in [7, 11) is 0. The van der Waals surface area contributed by atoms with E-state index in [0.29, 0.717) is 10.9 Å². The molecule has 0 saturated heterocycles. The van der Waals surface area contributed by atoms with Crippen molar-refractivity contribution in [2.24, 2.45) is 0 Å². The summed E-state index contributed by atoms with van der Waals surface area (Å²) in [6, 6.07) is 0.448. The number of aromatic nitrogens is 4. The van der Waals surface area contributed by atoms with Gasteiger partial charge in [-0.3, -0.25) is 0 Å². The van der Waals surface area contributed by atoms with Gasteiger partial charge >= 0.3 is 0 Å². The highest BCUT2D eigenvalue weighted by molar-refractivity contribution is 9.09. The monoisotopic (exact) mass is 244 g/mol. The van der Waals surface area contributed by atoms with Crippen molar-refractivity contribution >= 4 is 15.9 Å². The van der Waals surface area contributed by atoms with E-state index >= 15 is 0 Å². The third-order valence-electron chi connectivity index (χ3n) is 2.62. The van der Waals surface area contributed by atoms with E-state index in [4.69, 9.17) is 0 Å². The van der Waals surface area contributed by atoms with Gasteiger partial charge in [0.05, 0.1) is 6.04 Å². The summed E-state index contributed by atoms with van der Waals surface area (Å²) in [5.74, 6) is 0.913. The van der Waals surface area contributed by atoms with Crippen LogP contribution in [0.1, 0.15) is 37.5 Å². The highest BCUT2D eigenvalue weighted by Gasteiger charge is 2.26. The maximum absolute atomic E-state index is 4.02. The van der Waals surface area contributed by atoms with Crippen molar-refractivity contribution in [2.75, 3.05) is 0 Å². The number of hydrogen-bond donors (Lipinski definition) is 0. The van der Waals surface area contributed by atoms with Gasteiger partial charge in [-0.05, 0) is 30.2 Å². The number of aryl methyl sites for hydroxylation is 1. The molecule has 0 aliphatic heterocycles. The molecule has 1 aliphatic rings. The van der Waals surface area contributed by atoms with Gasteiger partial charge in [0, 0.05) is 4.83 Å². The Kier molecular flexibility index (Phi) is 2.62. The summed E-state index contributed by atoms with van der Waals surface area (Å²) in [6.07, 6.45) is 5.01. The Morgan fingerprint density at radius 3 is 2.77 bits per heavy atom. The Labute approximate surface area is 85.8 Å². The minimum atomic E-state index is 0.448. The molecule has 0 spiro atoms. The highest BCUT2D eigenvalue weighted by atomic mass is 79.9. The van der Waals surface area contributed by atoms with Crippen LogP contribution in [0.5, 0.6) is 0 Å². The molecule has 2 rings (SSSR count). The molecule has 13 heavy (non-hydrogen) atoms. The predicted molar refractivity (Wildman–Crippen MR) is 52.8 cm³/mol. The molecule has 4 nitrogen and oxygen atoms in total. The van der Waals surface area contributed by atoms with Crippen LogP contribution >= 0.6 is 15.9 Å². The summed E-state index contributed by atoms with van der Waals surface area (Å²) in [5, 5.41) is 11.6. The van der Waals surface area contributed by atoms with Crippen LogP contribution in [-0.4, -0.2) is 25.0 Å². The molecule has 1 aromatic rings. The van der Waals surface area contributed by atoms with Crippen molar-refractivity contribution in [2.45, 2.75) is 43.5 Å². The van der Waals surface area contributed by atoms with Gasteiger partial charge < -0.3 is 0 Å². The lowest BCUT2D eigenvalue weighted by molar-refractivity contribution is 0.333. The van der Waals surface area contributed by atoms with Crippen molar-refractivity contribution < 1.29 is 0 Å². The fraction of sp³-hybridized carbons (Fsp3) is 0.875. The molecule has 1 aromatic heterocycles. The fourth-order valence-electron chi connectivity index (χ4n) is 1.89. The van der Waals surface area contributed by atoms with Gasteiger partial charge in [-0.15, -0.1) is 5.10 Å². The zero-order chi connectivity index (χ0) is 9.26. The molecule has 1 saturated carbocycles. The lowest BCUT2D eigenvalue weighted by Gasteiger charge is -2.27. The molecule has 0 N–H and O–H groups in total. The third-order valence-corrected chi connectivity index (χ3v) is 3.69. The van der Waals surface area contributed by atoms with Crippen LogP contribution < -0.4 is 0 Å². The molecule has 1 heterocycles. The van der Waals surface area contributed by atoms with E-state index in [0.717, 1.165) is 5.82 Å². The molecular formula is C8H13BrN4. The van der Waals surface area contributed by atoms with E-state index in [1.807, 2.05) is 11.6 Å². The van der Waals surface area contributed by atoms with Gasteiger partial charge in [0.25, 0.3) is 0 Å². The van der Waals surface area contributed by atoms with E-state index in [2.05, 4.69) is 31.5 Å². The summed E-state index contributed by atoms with van der Waals surface area (Å²) in [6.45, 7) is 1.95. The minimum Gasteiger partial charge on any atom is -0.226 e. The van der Waals surface area contributed by atoms with Crippen molar-refractivity contribution in [3.8, 4) is 0 Å². The topological polar surface area (TPSA) is 43.6 Å². The lowest BCUT2D eigenvalue weighted by atomic mass is 9.95. The summed E-state index contributed by atoms with van der Waals surface area (Å²) in [4.78, 5) is 0.531. The second kappa shape index (κ2) is 3.74. The van der Waals surface area contributed by atoms with Crippen LogP contribution in [0.3, 0.4) is 0 Å². The van der Waals surface area contributed by atoms with E-state index in [9.17, 15) is 0 Å². The second-order valence-corrected chi connectivity index (χ2v) is 4.71. The highest BCUT2D eigenvalue weighted by Crippen LogP contribution is 2.33. The molecule has 1 aliphatic carbocycles. The van der Waals surface area contributed by atoms with Gasteiger partial charge in [-0.2, -0.15) is 0 Å². The van der Waals surface area contributed by atoms with Crippen LogP contribution in [0, 0.1) is 6.92 Å². The first kappa shape index (κ1) is 9.12. The predicted octanol–water partition coefficient (Wildman–Crippen LogP) is 1.86. The first-order chi connectivity index (χ1) is 6.29. The standard InChI is InChI=1S/C8H13BrN4/c1-6-10-11-12-13(6)8-5-3-2-4-7(8)9/h7-8H,2-5H2,1H3/t7-,8-/m0/s1. The van der Waals surface area contributed by atoms with E-state index in [1.54, 1.807) is 0 Å². The maximum Gasteiger partial charge on any atom is 0.148 e. The molecule has 0 aromatic carbocycles. The van der Waals surface area contributed by atoms with Crippen LogP contribution in [0.4, 0.5) is 0 Å². The quantitative estimate of drug-likeness (QED) is 0.709.